The predicted octanol–water partition coefficient (Wildman–Crippen LogP) is 3.81. The molecule has 0 amide bonds. The van der Waals surface area contributed by atoms with Gasteiger partial charge in [0.25, 0.3) is 0 Å². The van der Waals surface area contributed by atoms with Gasteiger partial charge in [-0.3, -0.25) is 0 Å². The molecule has 0 aliphatic heterocycles. The van der Waals surface area contributed by atoms with Crippen molar-refractivity contribution in [3.8, 4) is 0 Å². The third-order valence-corrected chi connectivity index (χ3v) is 2.13. The normalized spacial score (nSPS) is 16.9. The lowest BCUT2D eigenvalue weighted by Gasteiger charge is -2.16. The van der Waals surface area contributed by atoms with Gasteiger partial charge in [-0.25, -0.2) is 4.39 Å². The Kier molecular flexibility index (Phi) is 5.53. The Bertz CT molecular complexity index is 88.9. The van der Waals surface area contributed by atoms with Crippen molar-refractivity contribution in [2.24, 2.45) is 11.8 Å². The number of alkyl halides is 1. The lowest BCUT2D eigenvalue weighted by atomic mass is 9.94. The van der Waals surface area contributed by atoms with E-state index in [1.165, 1.54) is 6.42 Å². The van der Waals surface area contributed by atoms with Crippen LogP contribution in [0.1, 0.15) is 47.0 Å². The van der Waals surface area contributed by atoms with Gasteiger partial charge < -0.3 is 0 Å². The summed E-state index contributed by atoms with van der Waals surface area (Å²) in [5.74, 6) is 0.742. The summed E-state index contributed by atoms with van der Waals surface area (Å²) in [7, 11) is 0. The van der Waals surface area contributed by atoms with Crippen LogP contribution in [0.15, 0.2) is 0 Å². The molecule has 0 aliphatic rings. The van der Waals surface area contributed by atoms with E-state index in [0.29, 0.717) is 5.92 Å². The van der Waals surface area contributed by atoms with Crippen molar-refractivity contribution >= 4 is 0 Å². The second-order valence-electron chi connectivity index (χ2n) is 3.89. The standard InChI is InChI=1S/C10H21F/c1-5-6-9(4)7-10(11)8(2)3/h8-10H,5-7H2,1-4H3. The zero-order chi connectivity index (χ0) is 8.85. The van der Waals surface area contributed by atoms with Gasteiger partial charge in [-0.1, -0.05) is 40.5 Å². The predicted molar refractivity (Wildman–Crippen MR) is 48.4 cm³/mol. The average Bonchev–Trinajstić information content (AvgIpc) is 1.87. The van der Waals surface area contributed by atoms with Gasteiger partial charge in [0.05, 0.1) is 0 Å². The summed E-state index contributed by atoms with van der Waals surface area (Å²) in [5, 5.41) is 0. The van der Waals surface area contributed by atoms with Crippen LogP contribution in [-0.2, 0) is 0 Å². The molecule has 11 heavy (non-hydrogen) atoms. The molecule has 0 rings (SSSR count). The lowest BCUT2D eigenvalue weighted by Crippen LogP contribution is -2.13. The summed E-state index contributed by atoms with van der Waals surface area (Å²) >= 11 is 0. The molecule has 0 saturated carbocycles. The maximum absolute atomic E-state index is 13.1. The summed E-state index contributed by atoms with van der Waals surface area (Å²) < 4.78 is 13.1. The van der Waals surface area contributed by atoms with Gasteiger partial charge in [-0.2, -0.15) is 0 Å². The molecule has 0 aliphatic carbocycles. The minimum absolute atomic E-state index is 0.189. The van der Waals surface area contributed by atoms with Crippen LogP contribution in [0.2, 0.25) is 0 Å². The molecule has 0 N–H and O–H groups in total. The molecular weight excluding hydrogens is 139 g/mol. The first-order valence-corrected chi connectivity index (χ1v) is 4.72. The van der Waals surface area contributed by atoms with Crippen molar-refractivity contribution in [3.63, 3.8) is 0 Å². The van der Waals surface area contributed by atoms with Crippen LogP contribution >= 0.6 is 0 Å². The van der Waals surface area contributed by atoms with Gasteiger partial charge >= 0.3 is 0 Å². The Morgan fingerprint density at radius 3 is 2.09 bits per heavy atom. The molecule has 0 fully saturated rings. The maximum Gasteiger partial charge on any atom is 0.103 e. The SMILES string of the molecule is CCCC(C)CC(F)C(C)C. The van der Waals surface area contributed by atoms with Crippen molar-refractivity contribution in [3.05, 3.63) is 0 Å². The first kappa shape index (κ1) is 10.9. The molecule has 68 valence electrons. The molecule has 0 aromatic heterocycles. The molecule has 0 bridgehead atoms. The quantitative estimate of drug-likeness (QED) is 0.573. The van der Waals surface area contributed by atoms with E-state index in [4.69, 9.17) is 0 Å². The summed E-state index contributed by atoms with van der Waals surface area (Å²) in [5.41, 5.74) is 0. The van der Waals surface area contributed by atoms with E-state index in [1.54, 1.807) is 0 Å². The molecule has 0 spiro atoms. The molecule has 0 heterocycles. The lowest BCUT2D eigenvalue weighted by molar-refractivity contribution is 0.208. The molecule has 0 aromatic carbocycles. The van der Waals surface area contributed by atoms with Crippen LogP contribution in [0.3, 0.4) is 0 Å². The topological polar surface area (TPSA) is 0 Å². The van der Waals surface area contributed by atoms with Crippen molar-refractivity contribution in [2.75, 3.05) is 0 Å². The van der Waals surface area contributed by atoms with Crippen molar-refractivity contribution in [2.45, 2.75) is 53.1 Å². The summed E-state index contributed by atoms with van der Waals surface area (Å²) in [6.07, 6.45) is 2.47. The maximum atomic E-state index is 13.1. The van der Waals surface area contributed by atoms with Crippen molar-refractivity contribution in [1.82, 2.24) is 0 Å². The van der Waals surface area contributed by atoms with Crippen molar-refractivity contribution < 1.29 is 4.39 Å². The summed E-state index contributed by atoms with van der Waals surface area (Å²) in [6.45, 7) is 8.18. The molecule has 0 aromatic rings. The van der Waals surface area contributed by atoms with E-state index < -0.39 is 6.17 Å². The fourth-order valence-electron chi connectivity index (χ4n) is 1.27. The highest BCUT2D eigenvalue weighted by Crippen LogP contribution is 2.19. The number of halogens is 1. The second kappa shape index (κ2) is 5.56. The molecule has 0 radical (unpaired) electrons. The van der Waals surface area contributed by atoms with Crippen molar-refractivity contribution in [1.29, 1.82) is 0 Å². The number of hydrogen-bond donors (Lipinski definition) is 0. The zero-order valence-corrected chi connectivity index (χ0v) is 8.23. The number of hydrogen-bond acceptors (Lipinski definition) is 0. The fourth-order valence-corrected chi connectivity index (χ4v) is 1.27. The van der Waals surface area contributed by atoms with Crippen LogP contribution < -0.4 is 0 Å². The monoisotopic (exact) mass is 160 g/mol. The summed E-state index contributed by atoms with van der Waals surface area (Å²) in [4.78, 5) is 0. The highest BCUT2D eigenvalue weighted by molar-refractivity contribution is 4.64. The van der Waals surface area contributed by atoms with Crippen LogP contribution in [0.5, 0.6) is 0 Å². The zero-order valence-electron chi connectivity index (χ0n) is 8.23. The van der Waals surface area contributed by atoms with Crippen LogP contribution in [0.25, 0.3) is 0 Å². The van der Waals surface area contributed by atoms with E-state index >= 15 is 0 Å². The van der Waals surface area contributed by atoms with Crippen LogP contribution in [-0.4, -0.2) is 6.17 Å². The second-order valence-corrected chi connectivity index (χ2v) is 3.89. The Hall–Kier alpha value is -0.0700. The summed E-state index contributed by atoms with van der Waals surface area (Å²) in [6, 6.07) is 0. The minimum Gasteiger partial charge on any atom is -0.247 e. The third kappa shape index (κ3) is 5.23. The third-order valence-electron chi connectivity index (χ3n) is 2.13. The van der Waals surface area contributed by atoms with Gasteiger partial charge in [0, 0.05) is 0 Å². The number of rotatable bonds is 5. The van der Waals surface area contributed by atoms with Gasteiger partial charge in [-0.05, 0) is 18.3 Å². The minimum atomic E-state index is -0.600. The molecular formula is C10H21F. The molecule has 1 heteroatoms. The highest BCUT2D eigenvalue weighted by Gasteiger charge is 2.14. The Balaban J connectivity index is 3.48. The van der Waals surface area contributed by atoms with E-state index in [1.807, 2.05) is 13.8 Å². The first-order chi connectivity index (χ1) is 5.07. The van der Waals surface area contributed by atoms with E-state index in [-0.39, 0.29) is 5.92 Å². The molecule has 2 atom stereocenters. The Morgan fingerprint density at radius 2 is 1.73 bits per heavy atom. The smallest absolute Gasteiger partial charge is 0.103 e. The molecule has 0 saturated heterocycles. The van der Waals surface area contributed by atoms with Crippen LogP contribution in [0, 0.1) is 11.8 Å². The van der Waals surface area contributed by atoms with Gasteiger partial charge in [0.2, 0.25) is 0 Å². The molecule has 0 nitrogen and oxygen atoms in total. The van der Waals surface area contributed by atoms with Gasteiger partial charge in [0.1, 0.15) is 6.17 Å². The van der Waals surface area contributed by atoms with Crippen LogP contribution in [0.4, 0.5) is 4.39 Å². The largest absolute Gasteiger partial charge is 0.247 e. The van der Waals surface area contributed by atoms with Gasteiger partial charge in [-0.15, -0.1) is 0 Å². The van der Waals surface area contributed by atoms with E-state index in [0.717, 1.165) is 12.8 Å². The Morgan fingerprint density at radius 1 is 1.18 bits per heavy atom. The average molecular weight is 160 g/mol. The Labute approximate surface area is 70.2 Å². The van der Waals surface area contributed by atoms with E-state index in [2.05, 4.69) is 13.8 Å². The van der Waals surface area contributed by atoms with E-state index in [9.17, 15) is 4.39 Å². The van der Waals surface area contributed by atoms with Gasteiger partial charge in [0.15, 0.2) is 0 Å². The highest BCUT2D eigenvalue weighted by atomic mass is 19.1. The first-order valence-electron chi connectivity index (χ1n) is 4.72. The fraction of sp³-hybridized carbons (Fsp3) is 1.00. The molecule has 2 unspecified atom stereocenters.